The van der Waals surface area contributed by atoms with Crippen LogP contribution >= 0.6 is 23.1 Å². The van der Waals surface area contributed by atoms with Crippen molar-refractivity contribution in [2.75, 3.05) is 10.7 Å². The first kappa shape index (κ1) is 21.9. The molecule has 162 valence electrons. The number of benzene rings is 1. The molecular weight excluding hydrogens is 408 g/mol. The summed E-state index contributed by atoms with van der Waals surface area (Å²) < 4.78 is 6.08. The van der Waals surface area contributed by atoms with Crippen molar-refractivity contribution in [1.29, 1.82) is 0 Å². The van der Waals surface area contributed by atoms with Crippen LogP contribution in [0.2, 0.25) is 0 Å². The van der Waals surface area contributed by atoms with E-state index < -0.39 is 0 Å². The van der Waals surface area contributed by atoms with Crippen molar-refractivity contribution in [3.63, 3.8) is 0 Å². The third-order valence-electron chi connectivity index (χ3n) is 5.94. The zero-order valence-corrected chi connectivity index (χ0v) is 20.4. The summed E-state index contributed by atoms with van der Waals surface area (Å²) in [6, 6.07) is 8.89. The molecule has 0 saturated carbocycles. The highest BCUT2D eigenvalue weighted by Crippen LogP contribution is 2.45. The number of fused-ring (bicyclic) bond motifs is 3. The molecule has 0 saturated heterocycles. The normalized spacial score (nSPS) is 17.5. The second-order valence-electron chi connectivity index (χ2n) is 9.09. The van der Waals surface area contributed by atoms with Crippen LogP contribution in [0.25, 0.3) is 0 Å². The second kappa shape index (κ2) is 9.46. The number of anilines is 1. The van der Waals surface area contributed by atoms with E-state index in [1.165, 1.54) is 64.4 Å². The van der Waals surface area contributed by atoms with E-state index in [-0.39, 0.29) is 5.60 Å². The number of nitrogens with zero attached hydrogens (tertiary/aromatic N) is 2. The van der Waals surface area contributed by atoms with E-state index in [1.54, 1.807) is 0 Å². The summed E-state index contributed by atoms with van der Waals surface area (Å²) in [5, 5.41) is 2.36. The summed E-state index contributed by atoms with van der Waals surface area (Å²) >= 11 is 3.76. The van der Waals surface area contributed by atoms with E-state index in [0.717, 1.165) is 30.5 Å². The Morgan fingerprint density at radius 1 is 1.10 bits per heavy atom. The van der Waals surface area contributed by atoms with Gasteiger partial charge in [-0.3, -0.25) is 0 Å². The van der Waals surface area contributed by atoms with Crippen LogP contribution < -0.4 is 4.90 Å². The second-order valence-corrected chi connectivity index (χ2v) is 11.2. The van der Waals surface area contributed by atoms with Gasteiger partial charge in [0.15, 0.2) is 5.17 Å². The molecule has 0 fully saturated rings. The van der Waals surface area contributed by atoms with Crippen LogP contribution in [0.15, 0.2) is 29.3 Å². The van der Waals surface area contributed by atoms with Gasteiger partial charge < -0.3 is 9.64 Å². The van der Waals surface area contributed by atoms with Gasteiger partial charge in [-0.2, -0.15) is 0 Å². The Kier molecular flexibility index (Phi) is 6.91. The fourth-order valence-electron chi connectivity index (χ4n) is 4.13. The Balaban J connectivity index is 1.58. The lowest BCUT2D eigenvalue weighted by molar-refractivity contribution is -0.0384. The fraction of sp³-hybridized carbons (Fsp3) is 0.560. The van der Waals surface area contributed by atoms with Gasteiger partial charge in [-0.25, -0.2) is 4.99 Å². The van der Waals surface area contributed by atoms with Gasteiger partial charge in [0.05, 0.1) is 18.8 Å². The van der Waals surface area contributed by atoms with Crippen LogP contribution in [0.5, 0.6) is 0 Å². The summed E-state index contributed by atoms with van der Waals surface area (Å²) in [7, 11) is 0. The van der Waals surface area contributed by atoms with Gasteiger partial charge in [-0.15, -0.1) is 11.3 Å². The first-order chi connectivity index (χ1) is 14.5. The molecule has 0 bridgehead atoms. The van der Waals surface area contributed by atoms with Crippen molar-refractivity contribution < 1.29 is 4.74 Å². The number of hydrogen-bond donors (Lipinski definition) is 0. The summed E-state index contributed by atoms with van der Waals surface area (Å²) in [6.45, 7) is 10.5. The molecule has 2 aliphatic heterocycles. The van der Waals surface area contributed by atoms with Gasteiger partial charge in [0.25, 0.3) is 0 Å². The zero-order chi connectivity index (χ0) is 21.1. The third kappa shape index (κ3) is 4.95. The number of thiophene rings is 1. The maximum Gasteiger partial charge on any atom is 0.170 e. The molecule has 4 rings (SSSR count). The lowest BCUT2D eigenvalue weighted by Crippen LogP contribution is -2.34. The van der Waals surface area contributed by atoms with Gasteiger partial charge in [-0.1, -0.05) is 62.1 Å². The van der Waals surface area contributed by atoms with Crippen LogP contribution in [-0.2, 0) is 24.3 Å². The molecule has 0 aliphatic carbocycles. The average Bonchev–Trinajstić information content (AvgIpc) is 3.06. The predicted molar refractivity (Wildman–Crippen MR) is 133 cm³/mol. The molecule has 2 aliphatic rings. The Morgan fingerprint density at radius 2 is 1.87 bits per heavy atom. The number of rotatable bonds is 7. The summed E-state index contributed by atoms with van der Waals surface area (Å²) in [6.07, 6.45) is 7.57. The van der Waals surface area contributed by atoms with Crippen LogP contribution in [0, 0.1) is 6.92 Å². The van der Waals surface area contributed by atoms with Gasteiger partial charge in [-0.05, 0) is 44.9 Å². The van der Waals surface area contributed by atoms with Crippen molar-refractivity contribution >= 4 is 39.0 Å². The zero-order valence-electron chi connectivity index (χ0n) is 18.8. The molecule has 1 aromatic carbocycles. The van der Waals surface area contributed by atoms with Crippen LogP contribution in [0.1, 0.15) is 74.4 Å². The minimum Gasteiger partial charge on any atom is -0.370 e. The van der Waals surface area contributed by atoms with Gasteiger partial charge in [0, 0.05) is 28.3 Å². The molecule has 1 aromatic heterocycles. The van der Waals surface area contributed by atoms with Gasteiger partial charge in [0.1, 0.15) is 5.00 Å². The molecule has 0 spiro atoms. The van der Waals surface area contributed by atoms with Crippen molar-refractivity contribution in [2.45, 2.75) is 85.0 Å². The largest absolute Gasteiger partial charge is 0.370 e. The number of amidine groups is 1. The minimum absolute atomic E-state index is 0.0895. The van der Waals surface area contributed by atoms with E-state index in [2.05, 4.69) is 56.9 Å². The quantitative estimate of drug-likeness (QED) is 0.412. The Hall–Kier alpha value is -1.30. The third-order valence-corrected chi connectivity index (χ3v) is 8.15. The topological polar surface area (TPSA) is 24.8 Å². The van der Waals surface area contributed by atoms with E-state index in [1.807, 2.05) is 23.1 Å². The first-order valence-electron chi connectivity index (χ1n) is 11.3. The number of hydrogen-bond acceptors (Lipinski definition) is 5. The molecule has 5 heteroatoms. The summed E-state index contributed by atoms with van der Waals surface area (Å²) in [5.41, 5.74) is 5.35. The number of aliphatic imine (C=N–C) groups is 1. The molecule has 0 N–H and O–H groups in total. The number of thioether (sulfide) groups is 1. The van der Waals surface area contributed by atoms with Crippen LogP contribution in [-0.4, -0.2) is 16.5 Å². The SMILES string of the molecule is CCCCCCCSC1=Nc2sc3c(c2CN1c1ccc(C)cc1)CC(C)(C)OC3. The Bertz CT molecular complexity index is 899. The van der Waals surface area contributed by atoms with Crippen LogP contribution in [0.3, 0.4) is 0 Å². The molecule has 3 nitrogen and oxygen atoms in total. The molecule has 0 atom stereocenters. The minimum atomic E-state index is -0.0895. The average molecular weight is 443 g/mol. The summed E-state index contributed by atoms with van der Waals surface area (Å²) in [5.74, 6) is 1.14. The highest BCUT2D eigenvalue weighted by atomic mass is 32.2. The number of ether oxygens (including phenoxy) is 1. The maximum absolute atomic E-state index is 6.08. The Labute approximate surface area is 189 Å². The van der Waals surface area contributed by atoms with E-state index in [0.29, 0.717) is 0 Å². The smallest absolute Gasteiger partial charge is 0.170 e. The molecule has 0 radical (unpaired) electrons. The monoisotopic (exact) mass is 442 g/mol. The number of aryl methyl sites for hydroxylation is 1. The van der Waals surface area contributed by atoms with Gasteiger partial charge in [0.2, 0.25) is 0 Å². The molecule has 0 amide bonds. The fourth-order valence-corrected chi connectivity index (χ4v) is 6.31. The number of unbranched alkanes of at least 4 members (excludes halogenated alkanes) is 4. The predicted octanol–water partition coefficient (Wildman–Crippen LogP) is 7.62. The lowest BCUT2D eigenvalue weighted by Gasteiger charge is -2.33. The summed E-state index contributed by atoms with van der Waals surface area (Å²) in [4.78, 5) is 8.98. The van der Waals surface area contributed by atoms with Crippen molar-refractivity contribution in [3.8, 4) is 0 Å². The standard InChI is InChI=1S/C25H34N2OS2/c1-5-6-7-8-9-14-29-24-26-23-21(16-27(24)19-12-10-18(2)11-13-19)20-15-25(3,4)28-17-22(20)30-23/h10-13H,5-9,14-17H2,1-4H3. The highest BCUT2D eigenvalue weighted by molar-refractivity contribution is 8.14. The van der Waals surface area contributed by atoms with E-state index in [4.69, 9.17) is 9.73 Å². The highest BCUT2D eigenvalue weighted by Gasteiger charge is 2.34. The molecule has 2 aromatic rings. The molecule has 3 heterocycles. The van der Waals surface area contributed by atoms with Gasteiger partial charge >= 0.3 is 0 Å². The molecular formula is C25H34N2OS2. The molecule has 30 heavy (non-hydrogen) atoms. The van der Waals surface area contributed by atoms with Crippen molar-refractivity contribution in [1.82, 2.24) is 0 Å². The van der Waals surface area contributed by atoms with Crippen molar-refractivity contribution in [2.24, 2.45) is 4.99 Å². The lowest BCUT2D eigenvalue weighted by atomic mass is 9.93. The van der Waals surface area contributed by atoms with E-state index >= 15 is 0 Å². The van der Waals surface area contributed by atoms with Crippen molar-refractivity contribution in [3.05, 3.63) is 45.8 Å². The van der Waals surface area contributed by atoms with E-state index in [9.17, 15) is 0 Å². The maximum atomic E-state index is 6.08. The van der Waals surface area contributed by atoms with Crippen LogP contribution in [0.4, 0.5) is 10.7 Å². The Morgan fingerprint density at radius 3 is 2.63 bits per heavy atom. The molecule has 0 unspecified atom stereocenters. The first-order valence-corrected chi connectivity index (χ1v) is 13.1.